The quantitative estimate of drug-likeness (QED) is 0.484. The second-order valence-corrected chi connectivity index (χ2v) is 7.09. The maximum atomic E-state index is 2.47. The molecule has 2 aliphatic carbocycles. The highest BCUT2D eigenvalue weighted by molar-refractivity contribution is 5.98. The molecule has 3 unspecified atom stereocenters. The Balaban J connectivity index is 1.64. The van der Waals surface area contributed by atoms with Gasteiger partial charge in [0, 0.05) is 0 Å². The van der Waals surface area contributed by atoms with Gasteiger partial charge >= 0.3 is 0 Å². The van der Waals surface area contributed by atoms with Crippen molar-refractivity contribution < 1.29 is 0 Å². The Morgan fingerprint density at radius 3 is 2.14 bits per heavy atom. The zero-order valence-electron chi connectivity index (χ0n) is 12.3. The van der Waals surface area contributed by atoms with Crippen molar-refractivity contribution in [3.63, 3.8) is 0 Å². The largest absolute Gasteiger partial charge is 0.0616 e. The summed E-state index contributed by atoms with van der Waals surface area (Å²) in [6.07, 6.45) is 5.87. The van der Waals surface area contributed by atoms with E-state index in [1.807, 2.05) is 0 Å². The molecule has 2 bridgehead atoms. The van der Waals surface area contributed by atoms with Gasteiger partial charge < -0.3 is 0 Å². The molecule has 2 aliphatic rings. The Morgan fingerprint density at radius 2 is 1.43 bits per heavy atom. The molecule has 0 heterocycles. The van der Waals surface area contributed by atoms with Gasteiger partial charge in [0.2, 0.25) is 0 Å². The molecule has 3 aromatic carbocycles. The van der Waals surface area contributed by atoms with Crippen LogP contribution in [0.4, 0.5) is 0 Å². The molecule has 0 saturated heterocycles. The van der Waals surface area contributed by atoms with E-state index in [1.165, 1.54) is 47.2 Å². The van der Waals surface area contributed by atoms with E-state index in [2.05, 4.69) is 54.6 Å². The van der Waals surface area contributed by atoms with Gasteiger partial charge in [-0.3, -0.25) is 0 Å². The third kappa shape index (κ3) is 1.82. The van der Waals surface area contributed by atoms with Crippen LogP contribution in [-0.2, 0) is 0 Å². The second-order valence-electron chi connectivity index (χ2n) is 7.09. The van der Waals surface area contributed by atoms with Crippen molar-refractivity contribution >= 4 is 21.5 Å². The van der Waals surface area contributed by atoms with Crippen LogP contribution in [0.1, 0.15) is 37.2 Å². The van der Waals surface area contributed by atoms with Gasteiger partial charge in [-0.15, -0.1) is 0 Å². The number of hydrogen-bond donors (Lipinski definition) is 0. The first kappa shape index (κ1) is 11.8. The maximum Gasteiger partial charge on any atom is -0.0131 e. The van der Waals surface area contributed by atoms with E-state index in [9.17, 15) is 0 Å². The van der Waals surface area contributed by atoms with Crippen molar-refractivity contribution in [3.8, 4) is 0 Å². The van der Waals surface area contributed by atoms with Gasteiger partial charge in [-0.1, -0.05) is 48.9 Å². The van der Waals surface area contributed by atoms with Crippen molar-refractivity contribution in [1.29, 1.82) is 0 Å². The van der Waals surface area contributed by atoms with Gasteiger partial charge in [-0.2, -0.15) is 0 Å². The van der Waals surface area contributed by atoms with Crippen LogP contribution in [0.3, 0.4) is 0 Å². The fourth-order valence-corrected chi connectivity index (χ4v) is 4.84. The molecule has 2 fully saturated rings. The lowest BCUT2D eigenvalue weighted by Gasteiger charge is -2.22. The van der Waals surface area contributed by atoms with Crippen LogP contribution in [0.15, 0.2) is 54.6 Å². The molecule has 2 saturated carbocycles. The van der Waals surface area contributed by atoms with Crippen LogP contribution in [-0.4, -0.2) is 0 Å². The molecule has 0 heteroatoms. The lowest BCUT2D eigenvalue weighted by atomic mass is 9.83. The van der Waals surface area contributed by atoms with Gasteiger partial charge in [0.1, 0.15) is 0 Å². The van der Waals surface area contributed by atoms with Gasteiger partial charge in [0.25, 0.3) is 0 Å². The summed E-state index contributed by atoms with van der Waals surface area (Å²) in [5.74, 6) is 2.82. The molecule has 0 spiro atoms. The minimum absolute atomic E-state index is 0.833. The number of benzene rings is 3. The highest BCUT2D eigenvalue weighted by Crippen LogP contribution is 2.53. The fraction of sp³-hybridized carbons (Fsp3) is 0.333. The molecule has 0 N–H and O–H groups in total. The van der Waals surface area contributed by atoms with Crippen LogP contribution in [0, 0.1) is 11.8 Å². The van der Waals surface area contributed by atoms with Gasteiger partial charge in [0.15, 0.2) is 0 Å². The third-order valence-corrected chi connectivity index (χ3v) is 5.90. The Morgan fingerprint density at radius 1 is 0.667 bits per heavy atom. The normalized spacial score (nSPS) is 27.7. The lowest BCUT2D eigenvalue weighted by molar-refractivity contribution is 0.420. The van der Waals surface area contributed by atoms with Gasteiger partial charge in [-0.05, 0) is 76.3 Å². The summed E-state index contributed by atoms with van der Waals surface area (Å²) >= 11 is 0. The van der Waals surface area contributed by atoms with E-state index in [0.717, 1.165) is 17.8 Å². The SMILES string of the molecule is c1ccc2cc3cc(C4CC5CCC4C5)ccc3cc2c1. The van der Waals surface area contributed by atoms with E-state index in [1.54, 1.807) is 5.56 Å². The summed E-state index contributed by atoms with van der Waals surface area (Å²) in [6.45, 7) is 0. The Kier molecular flexibility index (Phi) is 2.44. The summed E-state index contributed by atoms with van der Waals surface area (Å²) in [5.41, 5.74) is 1.59. The smallest absolute Gasteiger partial charge is 0.0131 e. The predicted molar refractivity (Wildman–Crippen MR) is 89.6 cm³/mol. The number of fused-ring (bicyclic) bond motifs is 4. The Labute approximate surface area is 125 Å². The van der Waals surface area contributed by atoms with Crippen LogP contribution in [0.25, 0.3) is 21.5 Å². The van der Waals surface area contributed by atoms with E-state index < -0.39 is 0 Å². The van der Waals surface area contributed by atoms with Crippen LogP contribution in [0.5, 0.6) is 0 Å². The summed E-state index contributed by atoms with van der Waals surface area (Å²) in [4.78, 5) is 0. The molecular formula is C21H20. The molecule has 0 aliphatic heterocycles. The minimum atomic E-state index is 0.833. The van der Waals surface area contributed by atoms with E-state index in [0.29, 0.717) is 0 Å². The molecule has 0 amide bonds. The maximum absolute atomic E-state index is 2.47. The highest BCUT2D eigenvalue weighted by Gasteiger charge is 2.39. The molecule has 3 aromatic rings. The third-order valence-electron chi connectivity index (χ3n) is 5.90. The van der Waals surface area contributed by atoms with Crippen LogP contribution in [0.2, 0.25) is 0 Å². The summed E-state index contributed by atoms with van der Waals surface area (Å²) in [5, 5.41) is 5.49. The first-order chi connectivity index (χ1) is 10.4. The van der Waals surface area contributed by atoms with Crippen molar-refractivity contribution in [2.45, 2.75) is 31.6 Å². The molecule has 104 valence electrons. The van der Waals surface area contributed by atoms with Crippen molar-refractivity contribution in [1.82, 2.24) is 0 Å². The van der Waals surface area contributed by atoms with Crippen molar-refractivity contribution in [3.05, 3.63) is 60.2 Å². The van der Waals surface area contributed by atoms with Crippen LogP contribution < -0.4 is 0 Å². The first-order valence-electron chi connectivity index (χ1n) is 8.29. The Hall–Kier alpha value is -1.82. The average molecular weight is 272 g/mol. The van der Waals surface area contributed by atoms with E-state index in [4.69, 9.17) is 0 Å². The van der Waals surface area contributed by atoms with Crippen molar-refractivity contribution in [2.24, 2.45) is 11.8 Å². The molecular weight excluding hydrogens is 252 g/mol. The molecule has 5 rings (SSSR count). The first-order valence-corrected chi connectivity index (χ1v) is 8.29. The zero-order valence-corrected chi connectivity index (χ0v) is 12.3. The minimum Gasteiger partial charge on any atom is -0.0616 e. The van der Waals surface area contributed by atoms with Crippen molar-refractivity contribution in [2.75, 3.05) is 0 Å². The highest BCUT2D eigenvalue weighted by atomic mass is 14.4. The predicted octanol–water partition coefficient (Wildman–Crippen LogP) is 5.90. The average Bonchev–Trinajstić information content (AvgIpc) is 3.15. The summed E-state index contributed by atoms with van der Waals surface area (Å²) in [7, 11) is 0. The standard InChI is InChI=1S/C21H20/c1-2-4-16-12-20-13-19(8-7-17(20)11-15(16)3-1)21-10-14-5-6-18(21)9-14/h1-4,7-8,11-14,18,21H,5-6,9-10H2. The molecule has 0 aromatic heterocycles. The summed E-state index contributed by atoms with van der Waals surface area (Å²) < 4.78 is 0. The molecule has 0 nitrogen and oxygen atoms in total. The topological polar surface area (TPSA) is 0 Å². The monoisotopic (exact) mass is 272 g/mol. The lowest BCUT2D eigenvalue weighted by Crippen LogP contribution is -2.08. The van der Waals surface area contributed by atoms with Gasteiger partial charge in [-0.25, -0.2) is 0 Å². The zero-order chi connectivity index (χ0) is 13.8. The summed E-state index contributed by atoms with van der Waals surface area (Å²) in [6, 6.07) is 20.6. The van der Waals surface area contributed by atoms with E-state index in [-0.39, 0.29) is 0 Å². The van der Waals surface area contributed by atoms with E-state index >= 15 is 0 Å². The number of rotatable bonds is 1. The molecule has 0 radical (unpaired) electrons. The Bertz CT molecular complexity index is 830. The fourth-order valence-electron chi connectivity index (χ4n) is 4.84. The number of hydrogen-bond acceptors (Lipinski definition) is 0. The molecule has 3 atom stereocenters. The second kappa shape index (κ2) is 4.34. The molecule has 21 heavy (non-hydrogen) atoms. The van der Waals surface area contributed by atoms with Crippen LogP contribution >= 0.6 is 0 Å². The van der Waals surface area contributed by atoms with Gasteiger partial charge in [0.05, 0.1) is 0 Å².